The molecule has 1 unspecified atom stereocenters. The molecule has 0 bridgehead atoms. The maximum absolute atomic E-state index is 12.9. The lowest BCUT2D eigenvalue weighted by atomic mass is 10.2. The largest absolute Gasteiger partial charge is 0.392 e. The van der Waals surface area contributed by atoms with E-state index in [4.69, 9.17) is 5.11 Å². The van der Waals surface area contributed by atoms with E-state index in [0.717, 1.165) is 31.5 Å². The molecule has 6 heteroatoms. The van der Waals surface area contributed by atoms with E-state index in [-0.39, 0.29) is 12.6 Å². The van der Waals surface area contributed by atoms with Crippen LogP contribution in [0.5, 0.6) is 0 Å². The summed E-state index contributed by atoms with van der Waals surface area (Å²) in [6, 6.07) is 6.51. The third-order valence-corrected chi connectivity index (χ3v) is 6.00. The van der Waals surface area contributed by atoms with Gasteiger partial charge in [0.2, 0.25) is 10.0 Å². The van der Waals surface area contributed by atoms with Gasteiger partial charge in [-0.15, -0.1) is 0 Å². The Morgan fingerprint density at radius 3 is 2.48 bits per heavy atom. The Morgan fingerprint density at radius 2 is 1.90 bits per heavy atom. The molecule has 1 heterocycles. The highest BCUT2D eigenvalue weighted by Gasteiger charge is 2.32. The number of benzene rings is 1. The van der Waals surface area contributed by atoms with Gasteiger partial charge in [-0.1, -0.05) is 19.1 Å². The average Bonchev–Trinajstić information content (AvgIpc) is 2.68. The Hall–Kier alpha value is -0.950. The third kappa shape index (κ3) is 3.63. The Balaban J connectivity index is 2.31. The standard InChI is InChI=1S/C15H24N2O3S/c1-3-14-11-16(2)9-4-10-17(14)21(19,20)15-7-5-13(12-18)6-8-15/h5-8,14,18H,3-4,9-12H2,1-2H3. The van der Waals surface area contributed by atoms with Crippen LogP contribution < -0.4 is 0 Å². The monoisotopic (exact) mass is 312 g/mol. The first kappa shape index (κ1) is 16.4. The maximum atomic E-state index is 12.9. The van der Waals surface area contributed by atoms with Crippen LogP contribution in [-0.4, -0.2) is 55.5 Å². The molecule has 0 radical (unpaired) electrons. The minimum absolute atomic E-state index is 0.0139. The van der Waals surface area contributed by atoms with Crippen molar-refractivity contribution in [3.05, 3.63) is 29.8 Å². The minimum Gasteiger partial charge on any atom is -0.392 e. The Labute approximate surface area is 127 Å². The number of aliphatic hydroxyl groups excluding tert-OH is 1. The molecule has 1 saturated heterocycles. The number of aliphatic hydroxyl groups is 1. The number of hydrogen-bond acceptors (Lipinski definition) is 4. The summed E-state index contributed by atoms with van der Waals surface area (Å²) in [5.41, 5.74) is 0.719. The van der Waals surface area contributed by atoms with Gasteiger partial charge >= 0.3 is 0 Å². The smallest absolute Gasteiger partial charge is 0.243 e. The molecule has 5 nitrogen and oxygen atoms in total. The first-order valence-corrected chi connectivity index (χ1v) is 8.83. The van der Waals surface area contributed by atoms with E-state index in [2.05, 4.69) is 4.90 Å². The molecule has 118 valence electrons. The number of rotatable bonds is 4. The van der Waals surface area contributed by atoms with Crippen molar-refractivity contribution < 1.29 is 13.5 Å². The lowest BCUT2D eigenvalue weighted by Crippen LogP contribution is -2.43. The first-order chi connectivity index (χ1) is 9.98. The average molecular weight is 312 g/mol. The molecular formula is C15H24N2O3S. The predicted molar refractivity (Wildman–Crippen MR) is 82.4 cm³/mol. The van der Waals surface area contributed by atoms with Gasteiger partial charge in [0, 0.05) is 19.1 Å². The van der Waals surface area contributed by atoms with Gasteiger partial charge in [-0.05, 0) is 44.1 Å². The molecule has 1 atom stereocenters. The zero-order chi connectivity index (χ0) is 15.5. The topological polar surface area (TPSA) is 60.9 Å². The van der Waals surface area contributed by atoms with Crippen LogP contribution in [0.4, 0.5) is 0 Å². The van der Waals surface area contributed by atoms with E-state index in [9.17, 15) is 8.42 Å². The number of hydrogen-bond donors (Lipinski definition) is 1. The Kier molecular flexibility index (Phi) is 5.37. The van der Waals surface area contributed by atoms with Gasteiger partial charge in [-0.25, -0.2) is 8.42 Å². The molecule has 21 heavy (non-hydrogen) atoms. The number of nitrogens with zero attached hydrogens (tertiary/aromatic N) is 2. The van der Waals surface area contributed by atoms with Crippen molar-refractivity contribution in [2.75, 3.05) is 26.7 Å². The van der Waals surface area contributed by atoms with Crippen LogP contribution in [0, 0.1) is 0 Å². The molecule has 1 N–H and O–H groups in total. The van der Waals surface area contributed by atoms with E-state index in [0.29, 0.717) is 11.4 Å². The van der Waals surface area contributed by atoms with Crippen LogP contribution in [0.2, 0.25) is 0 Å². The second-order valence-electron chi connectivity index (χ2n) is 5.60. The van der Waals surface area contributed by atoms with Crippen molar-refractivity contribution in [2.45, 2.75) is 37.3 Å². The van der Waals surface area contributed by atoms with Crippen molar-refractivity contribution in [3.63, 3.8) is 0 Å². The molecular weight excluding hydrogens is 288 g/mol. The maximum Gasteiger partial charge on any atom is 0.243 e. The number of likely N-dealkylation sites (N-methyl/N-ethyl adjacent to an activating group) is 1. The lowest BCUT2D eigenvalue weighted by Gasteiger charge is -2.29. The molecule has 0 amide bonds. The number of sulfonamides is 1. The SMILES string of the molecule is CCC1CN(C)CCCN1S(=O)(=O)c1ccc(CO)cc1. The molecule has 0 saturated carbocycles. The van der Waals surface area contributed by atoms with Crippen molar-refractivity contribution in [2.24, 2.45) is 0 Å². The van der Waals surface area contributed by atoms with Crippen LogP contribution in [0.1, 0.15) is 25.3 Å². The fourth-order valence-electron chi connectivity index (χ4n) is 2.77. The van der Waals surface area contributed by atoms with Crippen molar-refractivity contribution in [3.8, 4) is 0 Å². The summed E-state index contributed by atoms with van der Waals surface area (Å²) in [5.74, 6) is 0. The summed E-state index contributed by atoms with van der Waals surface area (Å²) in [6.45, 7) is 4.21. The highest BCUT2D eigenvalue weighted by Crippen LogP contribution is 2.23. The highest BCUT2D eigenvalue weighted by molar-refractivity contribution is 7.89. The summed E-state index contributed by atoms with van der Waals surface area (Å²) < 4.78 is 27.4. The Bertz CT molecular complexity index is 557. The fourth-order valence-corrected chi connectivity index (χ4v) is 4.50. The fraction of sp³-hybridized carbons (Fsp3) is 0.600. The second-order valence-corrected chi connectivity index (χ2v) is 7.49. The highest BCUT2D eigenvalue weighted by atomic mass is 32.2. The molecule has 1 aliphatic heterocycles. The predicted octanol–water partition coefficient (Wildman–Crippen LogP) is 1.28. The van der Waals surface area contributed by atoms with Gasteiger partial charge in [-0.3, -0.25) is 0 Å². The van der Waals surface area contributed by atoms with Crippen LogP contribution >= 0.6 is 0 Å². The van der Waals surface area contributed by atoms with Crippen LogP contribution in [0.25, 0.3) is 0 Å². The molecule has 1 fully saturated rings. The van der Waals surface area contributed by atoms with Gasteiger partial charge in [0.1, 0.15) is 0 Å². The summed E-state index contributed by atoms with van der Waals surface area (Å²) in [7, 11) is -1.43. The zero-order valence-electron chi connectivity index (χ0n) is 12.7. The second kappa shape index (κ2) is 6.87. The van der Waals surface area contributed by atoms with Crippen molar-refractivity contribution in [1.29, 1.82) is 0 Å². The summed E-state index contributed by atoms with van der Waals surface area (Å²) in [4.78, 5) is 2.50. The van der Waals surface area contributed by atoms with Crippen LogP contribution in [0.15, 0.2) is 29.2 Å². The molecule has 0 aromatic heterocycles. The van der Waals surface area contributed by atoms with E-state index >= 15 is 0 Å². The molecule has 1 aromatic carbocycles. The lowest BCUT2D eigenvalue weighted by molar-refractivity contribution is 0.270. The normalized spacial score (nSPS) is 22.1. The van der Waals surface area contributed by atoms with E-state index in [1.54, 1.807) is 28.6 Å². The van der Waals surface area contributed by atoms with Gasteiger partial charge in [0.05, 0.1) is 11.5 Å². The Morgan fingerprint density at radius 1 is 1.24 bits per heavy atom. The molecule has 0 spiro atoms. The molecule has 0 aliphatic carbocycles. The molecule has 1 aliphatic rings. The zero-order valence-corrected chi connectivity index (χ0v) is 13.5. The van der Waals surface area contributed by atoms with Crippen molar-refractivity contribution >= 4 is 10.0 Å². The van der Waals surface area contributed by atoms with Crippen LogP contribution in [-0.2, 0) is 16.6 Å². The van der Waals surface area contributed by atoms with Gasteiger partial charge < -0.3 is 10.0 Å². The summed E-state index contributed by atoms with van der Waals surface area (Å²) in [6.07, 6.45) is 1.65. The van der Waals surface area contributed by atoms with E-state index in [1.807, 2.05) is 14.0 Å². The quantitative estimate of drug-likeness (QED) is 0.910. The third-order valence-electron chi connectivity index (χ3n) is 4.03. The van der Waals surface area contributed by atoms with Gasteiger partial charge in [0.25, 0.3) is 0 Å². The van der Waals surface area contributed by atoms with E-state index < -0.39 is 10.0 Å². The molecule has 1 aromatic rings. The van der Waals surface area contributed by atoms with Gasteiger partial charge in [-0.2, -0.15) is 4.31 Å². The van der Waals surface area contributed by atoms with Gasteiger partial charge in [0.15, 0.2) is 0 Å². The first-order valence-electron chi connectivity index (χ1n) is 7.39. The van der Waals surface area contributed by atoms with Crippen molar-refractivity contribution in [1.82, 2.24) is 9.21 Å². The summed E-state index contributed by atoms with van der Waals surface area (Å²) in [5, 5.41) is 9.06. The minimum atomic E-state index is -3.47. The summed E-state index contributed by atoms with van der Waals surface area (Å²) >= 11 is 0. The molecule has 2 rings (SSSR count). The van der Waals surface area contributed by atoms with E-state index in [1.165, 1.54) is 0 Å². The van der Waals surface area contributed by atoms with Crippen LogP contribution in [0.3, 0.4) is 0 Å².